The molecule has 1 aromatic heterocycles. The summed E-state index contributed by atoms with van der Waals surface area (Å²) in [4.78, 5) is 12.3. The summed E-state index contributed by atoms with van der Waals surface area (Å²) in [7, 11) is 3.13. The van der Waals surface area contributed by atoms with Gasteiger partial charge in [-0.15, -0.1) is 0 Å². The summed E-state index contributed by atoms with van der Waals surface area (Å²) in [6.07, 6.45) is 3.56. The van der Waals surface area contributed by atoms with Gasteiger partial charge in [-0.3, -0.25) is 4.79 Å². The lowest BCUT2D eigenvalue weighted by Crippen LogP contribution is -2.22. The van der Waals surface area contributed by atoms with E-state index in [0.717, 1.165) is 11.4 Å². The van der Waals surface area contributed by atoms with Crippen molar-refractivity contribution < 1.29 is 14.3 Å². The van der Waals surface area contributed by atoms with Crippen molar-refractivity contribution in [3.05, 3.63) is 60.9 Å². The van der Waals surface area contributed by atoms with Crippen LogP contribution in [0.4, 0.5) is 11.4 Å². The number of ether oxygens (including phenoxy) is 2. The van der Waals surface area contributed by atoms with E-state index in [4.69, 9.17) is 9.47 Å². The molecule has 0 fully saturated rings. The summed E-state index contributed by atoms with van der Waals surface area (Å²) < 4.78 is 12.2. The number of para-hydroxylation sites is 2. The van der Waals surface area contributed by atoms with Crippen LogP contribution in [0.1, 0.15) is 0 Å². The van der Waals surface area contributed by atoms with Crippen LogP contribution in [0, 0.1) is 0 Å². The Labute approximate surface area is 151 Å². The first-order chi connectivity index (χ1) is 12.7. The van der Waals surface area contributed by atoms with Crippen LogP contribution in [0.5, 0.6) is 11.5 Å². The lowest BCUT2D eigenvalue weighted by Gasteiger charge is -2.13. The van der Waals surface area contributed by atoms with E-state index in [0.29, 0.717) is 17.2 Å². The zero-order valence-electron chi connectivity index (χ0n) is 14.6. The quantitative estimate of drug-likeness (QED) is 0.684. The Morgan fingerprint density at radius 1 is 1.08 bits per heavy atom. The molecule has 3 rings (SSSR count). The van der Waals surface area contributed by atoms with Crippen molar-refractivity contribution in [3.8, 4) is 17.2 Å². The molecule has 0 aliphatic rings. The molecule has 0 aliphatic carbocycles. The Bertz CT molecular complexity index is 856. The van der Waals surface area contributed by atoms with Gasteiger partial charge in [0.15, 0.2) is 0 Å². The number of benzene rings is 2. The molecule has 26 heavy (non-hydrogen) atoms. The maximum atomic E-state index is 12.3. The molecule has 0 saturated heterocycles. The number of carbonyl (C=O) groups is 1. The van der Waals surface area contributed by atoms with E-state index in [9.17, 15) is 4.79 Å². The van der Waals surface area contributed by atoms with Crippen LogP contribution in [-0.2, 0) is 4.79 Å². The third-order valence-corrected chi connectivity index (χ3v) is 3.73. The molecule has 0 unspecified atom stereocenters. The number of rotatable bonds is 7. The van der Waals surface area contributed by atoms with Crippen molar-refractivity contribution >= 4 is 17.3 Å². The summed E-state index contributed by atoms with van der Waals surface area (Å²) in [6, 6.07) is 14.7. The van der Waals surface area contributed by atoms with E-state index in [1.165, 1.54) is 0 Å². The molecule has 0 radical (unpaired) electrons. The van der Waals surface area contributed by atoms with Crippen LogP contribution in [0.2, 0.25) is 0 Å². The second-order valence-electron chi connectivity index (χ2n) is 5.47. The number of carbonyl (C=O) groups excluding carboxylic acids is 1. The topological polar surface area (TPSA) is 77.4 Å². The molecule has 1 amide bonds. The zero-order chi connectivity index (χ0) is 18.4. The van der Waals surface area contributed by atoms with Crippen molar-refractivity contribution in [2.24, 2.45) is 0 Å². The second-order valence-corrected chi connectivity index (χ2v) is 5.47. The van der Waals surface area contributed by atoms with Crippen molar-refractivity contribution in [1.82, 2.24) is 9.78 Å². The molecule has 2 N–H and O–H groups in total. The highest BCUT2D eigenvalue weighted by Gasteiger charge is 2.08. The molecular weight excluding hydrogens is 332 g/mol. The Morgan fingerprint density at radius 2 is 1.81 bits per heavy atom. The number of hydrogen-bond acceptors (Lipinski definition) is 5. The molecule has 7 heteroatoms. The Morgan fingerprint density at radius 3 is 2.46 bits per heavy atom. The van der Waals surface area contributed by atoms with Gasteiger partial charge >= 0.3 is 0 Å². The Hall–Kier alpha value is -3.48. The predicted molar refractivity (Wildman–Crippen MR) is 100 cm³/mol. The average molecular weight is 352 g/mol. The number of hydrogen-bond donors (Lipinski definition) is 2. The molecule has 0 saturated carbocycles. The maximum absolute atomic E-state index is 12.3. The molecule has 1 heterocycles. The van der Waals surface area contributed by atoms with E-state index >= 15 is 0 Å². The number of aromatic nitrogens is 2. The van der Waals surface area contributed by atoms with Crippen LogP contribution in [0.25, 0.3) is 5.69 Å². The van der Waals surface area contributed by atoms with Gasteiger partial charge in [0.25, 0.3) is 0 Å². The van der Waals surface area contributed by atoms with Gasteiger partial charge in [0, 0.05) is 36.3 Å². The monoisotopic (exact) mass is 352 g/mol. The smallest absolute Gasteiger partial charge is 0.243 e. The summed E-state index contributed by atoms with van der Waals surface area (Å²) in [5.74, 6) is 1.03. The summed E-state index contributed by atoms with van der Waals surface area (Å²) in [5.41, 5.74) is 2.29. The van der Waals surface area contributed by atoms with E-state index in [1.54, 1.807) is 43.3 Å². The highest BCUT2D eigenvalue weighted by Crippen LogP contribution is 2.25. The standard InChI is InChI=1S/C19H20N4O3/c1-25-15-10-14(11-16(12-15)26-2)22-19(24)13-20-17-6-3-4-7-18(17)23-9-5-8-21-23/h3-12,20H,13H2,1-2H3,(H,22,24). The first-order valence-corrected chi connectivity index (χ1v) is 8.05. The SMILES string of the molecule is COc1cc(NC(=O)CNc2ccccc2-n2cccn2)cc(OC)c1. The summed E-state index contributed by atoms with van der Waals surface area (Å²) in [5, 5.41) is 10.2. The minimum atomic E-state index is -0.185. The Balaban J connectivity index is 1.67. The molecule has 3 aromatic rings. The van der Waals surface area contributed by atoms with Crippen LogP contribution >= 0.6 is 0 Å². The van der Waals surface area contributed by atoms with Crippen molar-refractivity contribution in [1.29, 1.82) is 0 Å². The zero-order valence-corrected chi connectivity index (χ0v) is 14.6. The van der Waals surface area contributed by atoms with Gasteiger partial charge in [0.05, 0.1) is 32.1 Å². The van der Waals surface area contributed by atoms with Crippen LogP contribution in [0.3, 0.4) is 0 Å². The lowest BCUT2D eigenvalue weighted by molar-refractivity contribution is -0.114. The lowest BCUT2D eigenvalue weighted by atomic mass is 10.2. The average Bonchev–Trinajstić information content (AvgIpc) is 3.20. The first kappa shape index (κ1) is 17.3. The van der Waals surface area contributed by atoms with Gasteiger partial charge in [0.2, 0.25) is 5.91 Å². The van der Waals surface area contributed by atoms with Gasteiger partial charge in [-0.1, -0.05) is 12.1 Å². The highest BCUT2D eigenvalue weighted by molar-refractivity contribution is 5.94. The number of nitrogens with one attached hydrogen (secondary N) is 2. The highest BCUT2D eigenvalue weighted by atomic mass is 16.5. The van der Waals surface area contributed by atoms with Crippen LogP contribution in [0.15, 0.2) is 60.9 Å². The van der Waals surface area contributed by atoms with E-state index in [-0.39, 0.29) is 12.5 Å². The normalized spacial score (nSPS) is 10.2. The number of nitrogens with zero attached hydrogens (tertiary/aromatic N) is 2. The molecule has 7 nitrogen and oxygen atoms in total. The molecule has 2 aromatic carbocycles. The van der Waals surface area contributed by atoms with E-state index < -0.39 is 0 Å². The molecule has 0 bridgehead atoms. The third kappa shape index (κ3) is 4.13. The number of amides is 1. The molecule has 0 atom stereocenters. The van der Waals surface area contributed by atoms with Gasteiger partial charge in [-0.05, 0) is 18.2 Å². The summed E-state index contributed by atoms with van der Waals surface area (Å²) >= 11 is 0. The minimum Gasteiger partial charge on any atom is -0.497 e. The number of methoxy groups -OCH3 is 2. The van der Waals surface area contributed by atoms with Crippen LogP contribution < -0.4 is 20.1 Å². The third-order valence-electron chi connectivity index (χ3n) is 3.73. The van der Waals surface area contributed by atoms with Gasteiger partial charge in [-0.2, -0.15) is 5.10 Å². The molecule has 0 spiro atoms. The van der Waals surface area contributed by atoms with Crippen molar-refractivity contribution in [2.45, 2.75) is 0 Å². The van der Waals surface area contributed by atoms with Crippen molar-refractivity contribution in [2.75, 3.05) is 31.4 Å². The van der Waals surface area contributed by atoms with E-state index in [1.807, 2.05) is 36.5 Å². The maximum Gasteiger partial charge on any atom is 0.243 e. The fourth-order valence-electron chi connectivity index (χ4n) is 2.49. The molecular formula is C19H20N4O3. The van der Waals surface area contributed by atoms with E-state index in [2.05, 4.69) is 15.7 Å². The van der Waals surface area contributed by atoms with Crippen LogP contribution in [-0.4, -0.2) is 36.5 Å². The molecule has 0 aliphatic heterocycles. The largest absolute Gasteiger partial charge is 0.497 e. The minimum absolute atomic E-state index is 0.109. The first-order valence-electron chi connectivity index (χ1n) is 8.05. The Kier molecular flexibility index (Phi) is 5.38. The molecule has 134 valence electrons. The fourth-order valence-corrected chi connectivity index (χ4v) is 2.49. The van der Waals surface area contributed by atoms with Gasteiger partial charge < -0.3 is 20.1 Å². The predicted octanol–water partition coefficient (Wildman–Crippen LogP) is 2.94. The van der Waals surface area contributed by atoms with Crippen molar-refractivity contribution in [3.63, 3.8) is 0 Å². The number of anilines is 2. The van der Waals surface area contributed by atoms with Gasteiger partial charge in [0.1, 0.15) is 11.5 Å². The fraction of sp³-hybridized carbons (Fsp3) is 0.158. The second kappa shape index (κ2) is 8.06. The van der Waals surface area contributed by atoms with Gasteiger partial charge in [-0.25, -0.2) is 4.68 Å². The summed E-state index contributed by atoms with van der Waals surface area (Å²) in [6.45, 7) is 0.109.